The van der Waals surface area contributed by atoms with Crippen molar-refractivity contribution in [1.29, 1.82) is 0 Å². The van der Waals surface area contributed by atoms with Gasteiger partial charge in [0.05, 0.1) is 27.9 Å². The van der Waals surface area contributed by atoms with E-state index in [2.05, 4.69) is 5.32 Å². The fourth-order valence-electron chi connectivity index (χ4n) is 2.15. The van der Waals surface area contributed by atoms with Gasteiger partial charge in [0.1, 0.15) is 11.5 Å². The summed E-state index contributed by atoms with van der Waals surface area (Å²) in [5, 5.41) is 3.33. The normalized spacial score (nSPS) is 10.5. The second-order valence-electron chi connectivity index (χ2n) is 4.65. The van der Waals surface area contributed by atoms with Gasteiger partial charge in [0.15, 0.2) is 11.5 Å². The van der Waals surface area contributed by atoms with Gasteiger partial charge in [0.25, 0.3) is 0 Å². The number of furan rings is 1. The Morgan fingerprint density at radius 1 is 0.952 bits per heavy atom. The van der Waals surface area contributed by atoms with Gasteiger partial charge in [-0.2, -0.15) is 0 Å². The van der Waals surface area contributed by atoms with Crippen LogP contribution >= 0.6 is 0 Å². The van der Waals surface area contributed by atoms with Gasteiger partial charge >= 0.3 is 0 Å². The van der Waals surface area contributed by atoms with Crippen LogP contribution in [0.5, 0.6) is 17.2 Å². The van der Waals surface area contributed by atoms with Gasteiger partial charge in [-0.3, -0.25) is 0 Å². The number of benzene rings is 1. The van der Waals surface area contributed by atoms with Crippen molar-refractivity contribution < 1.29 is 18.6 Å². The summed E-state index contributed by atoms with van der Waals surface area (Å²) in [7, 11) is 4.82. The zero-order valence-corrected chi connectivity index (χ0v) is 12.9. The smallest absolute Gasteiger partial charge is 0.203 e. The standard InChI is InChI=1S/C16H21NO4/c1-11-5-6-13(21-11)10-17-9-12-7-14(18-2)16(20-4)15(8-12)19-3/h5-8,17H,9-10H2,1-4H3. The minimum atomic E-state index is 0.602. The molecule has 1 aromatic heterocycles. The molecule has 2 aromatic rings. The highest BCUT2D eigenvalue weighted by Gasteiger charge is 2.12. The molecule has 2 rings (SSSR count). The molecule has 0 aliphatic rings. The highest BCUT2D eigenvalue weighted by molar-refractivity contribution is 5.53. The van der Waals surface area contributed by atoms with Gasteiger partial charge in [-0.05, 0) is 36.8 Å². The Bertz CT molecular complexity index is 567. The first-order chi connectivity index (χ1) is 10.2. The van der Waals surface area contributed by atoms with Crippen molar-refractivity contribution in [2.45, 2.75) is 20.0 Å². The van der Waals surface area contributed by atoms with Crippen LogP contribution in [0.25, 0.3) is 0 Å². The maximum absolute atomic E-state index is 5.52. The lowest BCUT2D eigenvalue weighted by molar-refractivity contribution is 0.323. The highest BCUT2D eigenvalue weighted by atomic mass is 16.5. The van der Waals surface area contributed by atoms with E-state index < -0.39 is 0 Å². The van der Waals surface area contributed by atoms with Crippen LogP contribution in [0, 0.1) is 6.92 Å². The molecule has 0 saturated carbocycles. The van der Waals surface area contributed by atoms with Crippen molar-refractivity contribution in [3.05, 3.63) is 41.3 Å². The van der Waals surface area contributed by atoms with Gasteiger partial charge in [0.2, 0.25) is 5.75 Å². The molecule has 1 heterocycles. The molecule has 0 atom stereocenters. The molecule has 0 spiro atoms. The number of hydrogen-bond donors (Lipinski definition) is 1. The number of methoxy groups -OCH3 is 3. The van der Waals surface area contributed by atoms with E-state index in [1.54, 1.807) is 21.3 Å². The van der Waals surface area contributed by atoms with E-state index in [9.17, 15) is 0 Å². The van der Waals surface area contributed by atoms with Crippen molar-refractivity contribution >= 4 is 0 Å². The van der Waals surface area contributed by atoms with Gasteiger partial charge < -0.3 is 23.9 Å². The number of rotatable bonds is 7. The van der Waals surface area contributed by atoms with Crippen LogP contribution in [0.3, 0.4) is 0 Å². The third-order valence-electron chi connectivity index (χ3n) is 3.15. The molecule has 0 unspecified atom stereocenters. The summed E-state index contributed by atoms with van der Waals surface area (Å²) in [6, 6.07) is 7.79. The fourth-order valence-corrected chi connectivity index (χ4v) is 2.15. The third kappa shape index (κ3) is 3.70. The molecule has 5 heteroatoms. The highest BCUT2D eigenvalue weighted by Crippen LogP contribution is 2.38. The van der Waals surface area contributed by atoms with Crippen LogP contribution < -0.4 is 19.5 Å². The van der Waals surface area contributed by atoms with Crippen molar-refractivity contribution in [2.24, 2.45) is 0 Å². The predicted octanol–water partition coefficient (Wildman–Crippen LogP) is 2.90. The quantitative estimate of drug-likeness (QED) is 0.850. The zero-order valence-electron chi connectivity index (χ0n) is 12.9. The Morgan fingerprint density at radius 3 is 2.10 bits per heavy atom. The molecule has 0 amide bonds. The summed E-state index contributed by atoms with van der Waals surface area (Å²) >= 11 is 0. The van der Waals surface area contributed by atoms with E-state index in [1.807, 2.05) is 31.2 Å². The number of aryl methyl sites for hydroxylation is 1. The van der Waals surface area contributed by atoms with Crippen LogP contribution in [0.4, 0.5) is 0 Å². The molecule has 1 N–H and O–H groups in total. The van der Waals surface area contributed by atoms with Crippen LogP contribution in [0.2, 0.25) is 0 Å². The van der Waals surface area contributed by atoms with Gasteiger partial charge in [-0.25, -0.2) is 0 Å². The molecule has 0 saturated heterocycles. The molecule has 21 heavy (non-hydrogen) atoms. The van der Waals surface area contributed by atoms with Crippen molar-refractivity contribution in [2.75, 3.05) is 21.3 Å². The van der Waals surface area contributed by atoms with E-state index in [0.717, 1.165) is 17.1 Å². The second kappa shape index (κ2) is 7.04. The molecule has 0 aliphatic heterocycles. The average molecular weight is 291 g/mol. The Balaban J connectivity index is 2.05. The van der Waals surface area contributed by atoms with E-state index in [0.29, 0.717) is 30.3 Å². The summed E-state index contributed by atoms with van der Waals surface area (Å²) in [6.07, 6.45) is 0. The Hall–Kier alpha value is -2.14. The minimum Gasteiger partial charge on any atom is -0.493 e. The molecule has 1 aromatic carbocycles. The largest absolute Gasteiger partial charge is 0.493 e. The summed E-state index contributed by atoms with van der Waals surface area (Å²) in [4.78, 5) is 0. The Morgan fingerprint density at radius 2 is 1.62 bits per heavy atom. The predicted molar refractivity (Wildman–Crippen MR) is 80.1 cm³/mol. The molecule has 114 valence electrons. The SMILES string of the molecule is COc1cc(CNCc2ccc(C)o2)cc(OC)c1OC. The summed E-state index contributed by atoms with van der Waals surface area (Å²) in [5.74, 6) is 3.75. The van der Waals surface area contributed by atoms with E-state index in [-0.39, 0.29) is 0 Å². The molecule has 0 bridgehead atoms. The second-order valence-corrected chi connectivity index (χ2v) is 4.65. The van der Waals surface area contributed by atoms with E-state index >= 15 is 0 Å². The Labute approximate surface area is 124 Å². The number of nitrogens with one attached hydrogen (secondary N) is 1. The Kier molecular flexibility index (Phi) is 5.11. The van der Waals surface area contributed by atoms with Gasteiger partial charge in [0, 0.05) is 6.54 Å². The molecule has 0 radical (unpaired) electrons. The van der Waals surface area contributed by atoms with Gasteiger partial charge in [-0.1, -0.05) is 0 Å². The lowest BCUT2D eigenvalue weighted by Crippen LogP contribution is -2.12. The molecule has 0 fully saturated rings. The first-order valence-electron chi connectivity index (χ1n) is 6.72. The van der Waals surface area contributed by atoms with Crippen LogP contribution in [0.1, 0.15) is 17.1 Å². The lowest BCUT2D eigenvalue weighted by Gasteiger charge is -2.14. The number of hydrogen-bond acceptors (Lipinski definition) is 5. The summed E-state index contributed by atoms with van der Waals surface area (Å²) < 4.78 is 21.5. The lowest BCUT2D eigenvalue weighted by atomic mass is 10.1. The molecular weight excluding hydrogens is 270 g/mol. The first kappa shape index (κ1) is 15.3. The van der Waals surface area contributed by atoms with Crippen molar-refractivity contribution in [1.82, 2.24) is 5.32 Å². The van der Waals surface area contributed by atoms with E-state index in [1.165, 1.54) is 0 Å². The summed E-state index contributed by atoms with van der Waals surface area (Å²) in [5.41, 5.74) is 1.05. The molecule has 5 nitrogen and oxygen atoms in total. The van der Waals surface area contributed by atoms with Crippen molar-refractivity contribution in [3.8, 4) is 17.2 Å². The third-order valence-corrected chi connectivity index (χ3v) is 3.15. The maximum Gasteiger partial charge on any atom is 0.203 e. The molecular formula is C16H21NO4. The van der Waals surface area contributed by atoms with Crippen LogP contribution in [-0.4, -0.2) is 21.3 Å². The minimum absolute atomic E-state index is 0.602. The van der Waals surface area contributed by atoms with E-state index in [4.69, 9.17) is 18.6 Å². The average Bonchev–Trinajstić information content (AvgIpc) is 2.91. The van der Waals surface area contributed by atoms with Gasteiger partial charge in [-0.15, -0.1) is 0 Å². The summed E-state index contributed by atoms with van der Waals surface area (Å²) in [6.45, 7) is 3.28. The number of ether oxygens (including phenoxy) is 3. The first-order valence-corrected chi connectivity index (χ1v) is 6.72. The fraction of sp³-hybridized carbons (Fsp3) is 0.375. The monoisotopic (exact) mass is 291 g/mol. The van der Waals surface area contributed by atoms with Crippen molar-refractivity contribution in [3.63, 3.8) is 0 Å². The molecule has 0 aliphatic carbocycles. The zero-order chi connectivity index (χ0) is 15.2. The van der Waals surface area contributed by atoms with Crippen LogP contribution in [0.15, 0.2) is 28.7 Å². The maximum atomic E-state index is 5.52. The van der Waals surface area contributed by atoms with Crippen LogP contribution in [-0.2, 0) is 13.1 Å². The topological polar surface area (TPSA) is 52.9 Å².